The molecule has 1 rings (SSSR count). The van der Waals surface area contributed by atoms with E-state index in [-0.39, 0.29) is 5.91 Å². The lowest BCUT2D eigenvalue weighted by Gasteiger charge is -2.04. The maximum Gasteiger partial charge on any atom is 0.269 e. The molecule has 1 aromatic heterocycles. The predicted molar refractivity (Wildman–Crippen MR) is 64.3 cm³/mol. The summed E-state index contributed by atoms with van der Waals surface area (Å²) in [5, 5.41) is 2.75. The van der Waals surface area contributed by atoms with Gasteiger partial charge in [0.25, 0.3) is 5.91 Å². The maximum atomic E-state index is 11.5. The number of pyridine rings is 1. The van der Waals surface area contributed by atoms with Crippen molar-refractivity contribution < 1.29 is 4.79 Å². The van der Waals surface area contributed by atoms with Gasteiger partial charge in [-0.15, -0.1) is 0 Å². The van der Waals surface area contributed by atoms with E-state index in [4.69, 9.17) is 0 Å². The number of carbonyl (C=O) groups is 1. The Labute approximate surface area is 95.1 Å². The first-order valence-corrected chi connectivity index (χ1v) is 5.09. The monoisotopic (exact) mass is 217 g/mol. The van der Waals surface area contributed by atoms with Crippen molar-refractivity contribution in [3.05, 3.63) is 41.9 Å². The average molecular weight is 217 g/mol. The van der Waals surface area contributed by atoms with Crippen LogP contribution >= 0.6 is 0 Å². The first kappa shape index (κ1) is 12.1. The molecule has 0 aliphatic rings. The van der Waals surface area contributed by atoms with Crippen LogP contribution in [0.15, 0.2) is 41.2 Å². The normalized spacial score (nSPS) is 10.9. The van der Waals surface area contributed by atoms with Crippen LogP contribution < -0.4 is 5.32 Å². The molecule has 16 heavy (non-hydrogen) atoms. The van der Waals surface area contributed by atoms with E-state index in [1.165, 1.54) is 0 Å². The van der Waals surface area contributed by atoms with Crippen molar-refractivity contribution in [3.63, 3.8) is 0 Å². The van der Waals surface area contributed by atoms with Crippen molar-refractivity contribution in [1.82, 2.24) is 10.3 Å². The molecule has 0 radical (unpaired) electrons. The summed E-state index contributed by atoms with van der Waals surface area (Å²) < 4.78 is 0. The molecule has 0 fully saturated rings. The Bertz CT molecular complexity index is 385. The summed E-state index contributed by atoms with van der Waals surface area (Å²) in [7, 11) is 0. The molecular weight excluding hydrogens is 202 g/mol. The van der Waals surface area contributed by atoms with Crippen molar-refractivity contribution in [2.45, 2.75) is 13.3 Å². The van der Waals surface area contributed by atoms with E-state index in [2.05, 4.69) is 22.0 Å². The van der Waals surface area contributed by atoms with Gasteiger partial charge in [-0.05, 0) is 25.8 Å². The van der Waals surface area contributed by atoms with E-state index in [0.29, 0.717) is 18.7 Å². The molecule has 1 heterocycles. The third-order valence-electron chi connectivity index (χ3n) is 2.07. The SMILES string of the molecule is C=N/C(=C\C)C(=O)NCCc1ccccn1. The molecule has 0 saturated heterocycles. The first-order chi connectivity index (χ1) is 7.77. The molecule has 1 N–H and O–H groups in total. The van der Waals surface area contributed by atoms with Gasteiger partial charge in [0.1, 0.15) is 5.70 Å². The lowest BCUT2D eigenvalue weighted by atomic mass is 10.2. The van der Waals surface area contributed by atoms with E-state index in [0.717, 1.165) is 5.69 Å². The van der Waals surface area contributed by atoms with Crippen LogP contribution in [0.2, 0.25) is 0 Å². The first-order valence-electron chi connectivity index (χ1n) is 5.09. The van der Waals surface area contributed by atoms with Gasteiger partial charge in [-0.25, -0.2) is 0 Å². The Kier molecular flexibility index (Phi) is 4.92. The Morgan fingerprint density at radius 2 is 2.44 bits per heavy atom. The Balaban J connectivity index is 2.36. The second-order valence-corrected chi connectivity index (χ2v) is 3.16. The van der Waals surface area contributed by atoms with Gasteiger partial charge >= 0.3 is 0 Å². The quantitative estimate of drug-likeness (QED) is 0.597. The van der Waals surface area contributed by atoms with Crippen LogP contribution in [0, 0.1) is 0 Å². The molecule has 0 spiro atoms. The average Bonchev–Trinajstić information content (AvgIpc) is 2.32. The fourth-order valence-corrected chi connectivity index (χ4v) is 1.23. The molecule has 0 saturated carbocycles. The molecule has 4 nitrogen and oxygen atoms in total. The van der Waals surface area contributed by atoms with Gasteiger partial charge in [-0.1, -0.05) is 12.1 Å². The smallest absolute Gasteiger partial charge is 0.269 e. The molecule has 84 valence electrons. The van der Waals surface area contributed by atoms with Gasteiger partial charge in [0.15, 0.2) is 0 Å². The van der Waals surface area contributed by atoms with Crippen molar-refractivity contribution in [1.29, 1.82) is 0 Å². The molecular formula is C12H15N3O. The van der Waals surface area contributed by atoms with Crippen molar-refractivity contribution in [3.8, 4) is 0 Å². The molecule has 0 aromatic carbocycles. The zero-order chi connectivity index (χ0) is 11.8. The van der Waals surface area contributed by atoms with Crippen LogP contribution in [0.25, 0.3) is 0 Å². The summed E-state index contributed by atoms with van der Waals surface area (Å²) in [6.07, 6.45) is 4.07. The fraction of sp³-hybridized carbons (Fsp3) is 0.250. The van der Waals surface area contributed by atoms with E-state index in [1.54, 1.807) is 19.2 Å². The number of nitrogens with one attached hydrogen (secondary N) is 1. The third kappa shape index (κ3) is 3.65. The largest absolute Gasteiger partial charge is 0.350 e. The molecule has 0 atom stereocenters. The Hall–Kier alpha value is -1.97. The summed E-state index contributed by atoms with van der Waals surface area (Å²) in [5.41, 5.74) is 1.30. The zero-order valence-electron chi connectivity index (χ0n) is 9.31. The van der Waals surface area contributed by atoms with Gasteiger partial charge in [-0.3, -0.25) is 14.8 Å². The molecule has 1 aromatic rings. The number of rotatable bonds is 5. The lowest BCUT2D eigenvalue weighted by Crippen LogP contribution is -2.26. The number of amides is 1. The van der Waals surface area contributed by atoms with E-state index < -0.39 is 0 Å². The number of hydrogen-bond donors (Lipinski definition) is 1. The summed E-state index contributed by atoms with van der Waals surface area (Å²) in [6.45, 7) is 5.62. The van der Waals surface area contributed by atoms with E-state index in [1.807, 2.05) is 18.2 Å². The van der Waals surface area contributed by atoms with Crippen molar-refractivity contribution >= 4 is 12.6 Å². The van der Waals surface area contributed by atoms with Gasteiger partial charge in [0.2, 0.25) is 0 Å². The van der Waals surface area contributed by atoms with Crippen LogP contribution in [0.3, 0.4) is 0 Å². The number of aliphatic imine (C=N–C) groups is 1. The Morgan fingerprint density at radius 3 is 3.00 bits per heavy atom. The zero-order valence-corrected chi connectivity index (χ0v) is 9.31. The van der Waals surface area contributed by atoms with Gasteiger partial charge < -0.3 is 5.32 Å². The minimum atomic E-state index is -0.201. The molecule has 0 bridgehead atoms. The highest BCUT2D eigenvalue weighted by molar-refractivity contribution is 5.93. The van der Waals surface area contributed by atoms with Crippen molar-refractivity contribution in [2.24, 2.45) is 4.99 Å². The van der Waals surface area contributed by atoms with Gasteiger partial charge in [0.05, 0.1) is 0 Å². The summed E-state index contributed by atoms with van der Waals surface area (Å²) >= 11 is 0. The van der Waals surface area contributed by atoms with Crippen molar-refractivity contribution in [2.75, 3.05) is 6.54 Å². The van der Waals surface area contributed by atoms with Crippen LogP contribution in [0.4, 0.5) is 0 Å². The minimum absolute atomic E-state index is 0.201. The molecule has 0 aliphatic heterocycles. The fourth-order valence-electron chi connectivity index (χ4n) is 1.23. The topological polar surface area (TPSA) is 54.4 Å². The highest BCUT2D eigenvalue weighted by atomic mass is 16.2. The van der Waals surface area contributed by atoms with E-state index in [9.17, 15) is 4.79 Å². The predicted octanol–water partition coefficient (Wildman–Crippen LogP) is 1.34. The second-order valence-electron chi connectivity index (χ2n) is 3.16. The van der Waals surface area contributed by atoms with Gasteiger partial charge in [0, 0.05) is 24.9 Å². The maximum absolute atomic E-state index is 11.5. The molecule has 4 heteroatoms. The summed E-state index contributed by atoms with van der Waals surface area (Å²) in [6, 6.07) is 5.71. The lowest BCUT2D eigenvalue weighted by molar-refractivity contribution is -0.117. The second kappa shape index (κ2) is 6.50. The standard InChI is InChI=1S/C12H15N3O/c1-3-11(13-2)12(16)15-9-7-10-6-4-5-8-14-10/h3-6,8H,2,7,9H2,1H3,(H,15,16)/b11-3-. The van der Waals surface area contributed by atoms with Crippen LogP contribution in [0.5, 0.6) is 0 Å². The molecule has 0 aliphatic carbocycles. The highest BCUT2D eigenvalue weighted by Gasteiger charge is 2.04. The molecule has 0 unspecified atom stereocenters. The summed E-state index contributed by atoms with van der Waals surface area (Å²) in [5.74, 6) is -0.201. The van der Waals surface area contributed by atoms with E-state index >= 15 is 0 Å². The number of aromatic nitrogens is 1. The molecule has 1 amide bonds. The highest BCUT2D eigenvalue weighted by Crippen LogP contribution is 1.96. The van der Waals surface area contributed by atoms with Crippen LogP contribution in [-0.2, 0) is 11.2 Å². The Morgan fingerprint density at radius 1 is 1.62 bits per heavy atom. The third-order valence-corrected chi connectivity index (χ3v) is 2.07. The van der Waals surface area contributed by atoms with Gasteiger partial charge in [-0.2, -0.15) is 0 Å². The number of nitrogens with zero attached hydrogens (tertiary/aromatic N) is 2. The van der Waals surface area contributed by atoms with Crippen LogP contribution in [-0.4, -0.2) is 24.2 Å². The summed E-state index contributed by atoms with van der Waals surface area (Å²) in [4.78, 5) is 19.2. The number of carbonyl (C=O) groups excluding carboxylic acids is 1. The number of allylic oxidation sites excluding steroid dienone is 1. The minimum Gasteiger partial charge on any atom is -0.350 e. The number of hydrogen-bond acceptors (Lipinski definition) is 3. The van der Waals surface area contributed by atoms with Crippen LogP contribution in [0.1, 0.15) is 12.6 Å².